The Morgan fingerprint density at radius 3 is 1.99 bits per heavy atom. The Morgan fingerprint density at radius 2 is 1.38 bits per heavy atom. The van der Waals surface area contributed by atoms with Gasteiger partial charge in [-0.1, -0.05) is 144 Å². The second-order valence-electron chi connectivity index (χ2n) is 24.1. The van der Waals surface area contributed by atoms with Crippen LogP contribution < -0.4 is 5.32 Å². The van der Waals surface area contributed by atoms with Gasteiger partial charge in [0.2, 0.25) is 6.10 Å². The Labute approximate surface area is 510 Å². The standard InChI is InChI=1S/C68H87NO18/c1-7-8-9-10-11-12-13-14-15-16-17-18-19-20-30-37-54-79-40-50(83-54)41-80-65(77)85-58(56(47-31-24-21-25-32-47)69-62(74)48-33-26-22-27-34-48)64(76)84-51-39-67(78)44(3)55(43(51)2)57(82-45(4)70)60(73)66(6)52(72)38-53-68(42-81-53,87-46(5)71)59(66)61(67)86-63(75)49-35-28-23-29-36-49/h14-15,21-29,31-36,44,50-54,56-59,61,72,78H,7-13,16-20,30,37-42H2,1-6H3,(H,69,74)/b15-14-/t44?,50-,51+,52+,53-,54+,56+,57-,58-,59+,61+,66-,67+,68+/m1/s1. The molecule has 0 aromatic heterocycles. The molecule has 4 fully saturated rings. The van der Waals surface area contributed by atoms with Crippen LogP contribution in [0.25, 0.3) is 0 Å². The summed E-state index contributed by atoms with van der Waals surface area (Å²) < 4.78 is 54.5. The van der Waals surface area contributed by atoms with Gasteiger partial charge in [0.15, 0.2) is 23.8 Å². The number of unbranched alkanes of at least 4 members (excludes halogenated alkanes) is 11. The maximum Gasteiger partial charge on any atom is 0.509 e. The summed E-state index contributed by atoms with van der Waals surface area (Å²) >= 11 is 0. The summed E-state index contributed by atoms with van der Waals surface area (Å²) in [5.74, 6) is -8.35. The first-order valence-corrected chi connectivity index (χ1v) is 31.1. The second kappa shape index (κ2) is 30.4. The van der Waals surface area contributed by atoms with Crippen molar-refractivity contribution in [1.29, 1.82) is 0 Å². The van der Waals surface area contributed by atoms with E-state index in [0.717, 1.165) is 58.8 Å². The molecule has 3 N–H and O–H groups in total. The van der Waals surface area contributed by atoms with Crippen LogP contribution in [0.5, 0.6) is 0 Å². The topological polar surface area (TPSA) is 255 Å². The van der Waals surface area contributed by atoms with Crippen LogP contribution in [0.3, 0.4) is 0 Å². The van der Waals surface area contributed by atoms with Crippen molar-refractivity contribution in [1.82, 2.24) is 5.32 Å². The molecule has 8 rings (SSSR count). The first-order valence-electron chi connectivity index (χ1n) is 31.1. The molecule has 14 atom stereocenters. The highest BCUT2D eigenvalue weighted by Crippen LogP contribution is 2.62. The molecule has 5 aliphatic rings. The summed E-state index contributed by atoms with van der Waals surface area (Å²) in [5, 5.41) is 28.9. The molecule has 0 spiro atoms. The predicted molar refractivity (Wildman–Crippen MR) is 317 cm³/mol. The number of rotatable bonds is 28. The number of amides is 1. The Morgan fingerprint density at radius 1 is 0.770 bits per heavy atom. The zero-order valence-corrected chi connectivity index (χ0v) is 51.0. The number of hydrogen-bond acceptors (Lipinski definition) is 18. The fraction of sp³-hybridized carbons (Fsp3) is 0.574. The van der Waals surface area contributed by atoms with Crippen molar-refractivity contribution < 1.29 is 86.4 Å². The van der Waals surface area contributed by atoms with Gasteiger partial charge in [-0.15, -0.1) is 0 Å². The van der Waals surface area contributed by atoms with Gasteiger partial charge in [-0.05, 0) is 93.3 Å². The van der Waals surface area contributed by atoms with E-state index in [1.165, 1.54) is 71.4 Å². The molecule has 0 radical (unpaired) electrons. The number of benzene rings is 3. The van der Waals surface area contributed by atoms with Crippen LogP contribution in [0.2, 0.25) is 0 Å². The highest BCUT2D eigenvalue weighted by atomic mass is 16.8. The van der Waals surface area contributed by atoms with E-state index in [2.05, 4.69) is 24.4 Å². The molecule has 2 saturated heterocycles. The summed E-state index contributed by atoms with van der Waals surface area (Å²) in [7, 11) is 0. The lowest BCUT2D eigenvalue weighted by Crippen LogP contribution is -2.81. The van der Waals surface area contributed by atoms with E-state index in [-0.39, 0.29) is 48.5 Å². The van der Waals surface area contributed by atoms with Crippen molar-refractivity contribution in [2.45, 2.75) is 211 Å². The number of carbonyl (C=O) groups is 7. The number of ether oxygens (including phenoxy) is 9. The van der Waals surface area contributed by atoms with Gasteiger partial charge in [-0.3, -0.25) is 19.2 Å². The molecule has 87 heavy (non-hydrogen) atoms. The van der Waals surface area contributed by atoms with Crippen LogP contribution in [0.4, 0.5) is 4.79 Å². The molecule has 2 aliphatic heterocycles. The number of fused-ring (bicyclic) bond motifs is 5. The quantitative estimate of drug-likeness (QED) is 0.0264. The number of carbonyl (C=O) groups excluding carboxylic acids is 7. The van der Waals surface area contributed by atoms with Crippen LogP contribution in [0.1, 0.15) is 177 Å². The van der Waals surface area contributed by atoms with E-state index in [1.54, 1.807) is 78.9 Å². The van der Waals surface area contributed by atoms with Crippen LogP contribution in [-0.2, 0) is 61.8 Å². The van der Waals surface area contributed by atoms with Gasteiger partial charge >= 0.3 is 30.0 Å². The molecule has 3 aromatic rings. The van der Waals surface area contributed by atoms with Crippen molar-refractivity contribution in [3.05, 3.63) is 131 Å². The molecule has 1 unspecified atom stereocenters. The molecule has 472 valence electrons. The van der Waals surface area contributed by atoms with Gasteiger partial charge < -0.3 is 58.2 Å². The van der Waals surface area contributed by atoms with Gasteiger partial charge in [0.05, 0.1) is 36.2 Å². The van der Waals surface area contributed by atoms with Crippen LogP contribution >= 0.6 is 0 Å². The number of nitrogens with one attached hydrogen (secondary N) is 1. The van der Waals surface area contributed by atoms with Crippen molar-refractivity contribution in [3.8, 4) is 0 Å². The molecule has 3 aliphatic carbocycles. The Kier molecular flexibility index (Phi) is 23.2. The minimum absolute atomic E-state index is 0.0360. The second-order valence-corrected chi connectivity index (χ2v) is 24.1. The average molecular weight is 1210 g/mol. The van der Waals surface area contributed by atoms with Crippen molar-refractivity contribution in [2.24, 2.45) is 17.3 Å². The minimum Gasteiger partial charge on any atom is -0.455 e. The molecule has 2 bridgehead atoms. The van der Waals surface area contributed by atoms with Crippen LogP contribution in [-0.4, -0.2) is 132 Å². The SMILES string of the molecule is CCCCCCCC/C=C\CCCCCCC[C@H]1OC[C@H](COC(=O)O[C@@H](C(=O)O[C@H]2C[C@]3(O)C(C)C(=C2C)[C@@H](OC(C)=O)C(=O)[C@@]2(C)[C@H]([C@@H]3OC(=O)c3ccccc3)[C@]3(OC(C)=O)CO[C@@H]3C[C@@H]2O)[C@@H](NC(=O)c2ccccc2)c2ccccc2)O1. The molecule has 19 nitrogen and oxygen atoms in total. The minimum atomic E-state index is -2.43. The molecule has 1 amide bonds. The Bertz CT molecular complexity index is 2900. The van der Waals surface area contributed by atoms with Gasteiger partial charge in [0, 0.05) is 38.2 Å². The molecular weight excluding hydrogens is 1120 g/mol. The number of ketones is 1. The number of esters is 4. The van der Waals surface area contributed by atoms with Crippen LogP contribution in [0.15, 0.2) is 114 Å². The number of Topliss-reactive ketones (excluding diaryl/α,β-unsaturated/α-hetero) is 1. The summed E-state index contributed by atoms with van der Waals surface area (Å²) in [4.78, 5) is 100. The van der Waals surface area contributed by atoms with Crippen molar-refractivity contribution in [3.63, 3.8) is 0 Å². The molecule has 3 aromatic carbocycles. The van der Waals surface area contributed by atoms with Crippen LogP contribution in [0, 0.1) is 17.3 Å². The lowest BCUT2D eigenvalue weighted by molar-refractivity contribution is -0.343. The maximum atomic E-state index is 15.7. The predicted octanol–water partition coefficient (Wildman–Crippen LogP) is 10.3. The Hall–Kier alpha value is -6.77. The van der Waals surface area contributed by atoms with E-state index < -0.39 is 132 Å². The molecule has 2 heterocycles. The van der Waals surface area contributed by atoms with E-state index in [4.69, 9.17) is 42.6 Å². The molecule has 19 heteroatoms. The van der Waals surface area contributed by atoms with Gasteiger partial charge in [-0.25, -0.2) is 14.4 Å². The highest BCUT2D eigenvalue weighted by Gasteiger charge is 2.77. The summed E-state index contributed by atoms with van der Waals surface area (Å²) in [6.07, 6.45) is 7.16. The zero-order chi connectivity index (χ0) is 62.3. The third-order valence-electron chi connectivity index (χ3n) is 18.1. The smallest absolute Gasteiger partial charge is 0.455 e. The number of aliphatic hydroxyl groups excluding tert-OH is 1. The third-order valence-corrected chi connectivity index (χ3v) is 18.1. The number of aliphatic hydroxyl groups is 2. The average Bonchev–Trinajstić information content (AvgIpc) is 0.821. The monoisotopic (exact) mass is 1210 g/mol. The summed E-state index contributed by atoms with van der Waals surface area (Å²) in [6, 6.07) is 22.7. The summed E-state index contributed by atoms with van der Waals surface area (Å²) in [5.41, 5.74) is -5.70. The first kappa shape index (κ1) is 66.2. The van der Waals surface area contributed by atoms with E-state index in [9.17, 15) is 34.2 Å². The molecular formula is C68H87NO18. The molecule has 2 saturated carbocycles. The lowest BCUT2D eigenvalue weighted by atomic mass is 9.47. The van der Waals surface area contributed by atoms with Gasteiger partial charge in [0.1, 0.15) is 42.7 Å². The van der Waals surface area contributed by atoms with Gasteiger partial charge in [0.25, 0.3) is 5.91 Å². The fourth-order valence-corrected chi connectivity index (χ4v) is 13.4. The number of allylic oxidation sites excluding steroid dienone is 2. The van der Waals surface area contributed by atoms with E-state index in [1.807, 2.05) is 0 Å². The van der Waals surface area contributed by atoms with Crippen molar-refractivity contribution >= 4 is 41.7 Å². The largest absolute Gasteiger partial charge is 0.509 e. The van der Waals surface area contributed by atoms with Gasteiger partial charge in [-0.2, -0.15) is 0 Å². The zero-order valence-electron chi connectivity index (χ0n) is 51.0. The van der Waals surface area contributed by atoms with E-state index in [0.29, 0.717) is 12.0 Å². The number of hydrogen-bond donors (Lipinski definition) is 3. The first-order chi connectivity index (χ1) is 41.8. The maximum absolute atomic E-state index is 15.7. The highest BCUT2D eigenvalue weighted by molar-refractivity contribution is 5.96. The third kappa shape index (κ3) is 15.6. The van der Waals surface area contributed by atoms with Crippen molar-refractivity contribution in [2.75, 3.05) is 19.8 Å². The van der Waals surface area contributed by atoms with E-state index >= 15 is 9.59 Å². The fourth-order valence-electron chi connectivity index (χ4n) is 13.4. The Balaban J connectivity index is 1.05. The summed E-state index contributed by atoms with van der Waals surface area (Å²) in [6.45, 7) is 8.36. The normalized spacial score (nSPS) is 29.0. The lowest BCUT2D eigenvalue weighted by Gasteiger charge is -2.66.